The Morgan fingerprint density at radius 1 is 1.11 bits per heavy atom. The van der Waals surface area contributed by atoms with Crippen molar-refractivity contribution in [2.24, 2.45) is 0 Å². The van der Waals surface area contributed by atoms with Crippen LogP contribution in [-0.4, -0.2) is 36.6 Å². The van der Waals surface area contributed by atoms with Crippen LogP contribution < -0.4 is 14.8 Å². The van der Waals surface area contributed by atoms with Gasteiger partial charge in [0.25, 0.3) is 0 Å². The van der Waals surface area contributed by atoms with E-state index >= 15 is 0 Å². The predicted molar refractivity (Wildman–Crippen MR) is 101 cm³/mol. The van der Waals surface area contributed by atoms with Gasteiger partial charge in [-0.3, -0.25) is 9.59 Å². The summed E-state index contributed by atoms with van der Waals surface area (Å²) in [6, 6.07) is 13.4. The lowest BCUT2D eigenvalue weighted by Gasteiger charge is -2.17. The maximum Gasteiger partial charge on any atom is 0.231 e. The second-order valence-electron chi connectivity index (χ2n) is 6.99. The molecule has 0 spiro atoms. The number of anilines is 1. The zero-order valence-electron chi connectivity index (χ0n) is 15.2. The molecule has 0 aromatic heterocycles. The molecule has 6 nitrogen and oxygen atoms in total. The maximum absolute atomic E-state index is 12.7. The van der Waals surface area contributed by atoms with Crippen molar-refractivity contribution in [1.82, 2.24) is 4.90 Å². The Hall–Kier alpha value is -3.02. The highest BCUT2D eigenvalue weighted by atomic mass is 16.7. The number of benzene rings is 2. The van der Waals surface area contributed by atoms with E-state index in [9.17, 15) is 9.59 Å². The first-order chi connectivity index (χ1) is 13.1. The number of ether oxygens (including phenoxy) is 2. The van der Waals surface area contributed by atoms with Gasteiger partial charge in [0.05, 0.1) is 6.42 Å². The number of amides is 2. The number of hydrogen-bond donors (Lipinski definition) is 1. The molecular formula is C21H22N2O4. The second-order valence-corrected chi connectivity index (χ2v) is 6.99. The third kappa shape index (κ3) is 3.89. The van der Waals surface area contributed by atoms with E-state index in [1.165, 1.54) is 12.5 Å². The molecule has 0 aliphatic carbocycles. The third-order valence-corrected chi connectivity index (χ3v) is 5.04. The van der Waals surface area contributed by atoms with E-state index in [2.05, 4.69) is 11.4 Å². The molecule has 0 bridgehead atoms. The average Bonchev–Trinajstić information content (AvgIpc) is 3.31. The topological polar surface area (TPSA) is 67.9 Å². The Bertz CT molecular complexity index is 863. The molecule has 27 heavy (non-hydrogen) atoms. The van der Waals surface area contributed by atoms with Gasteiger partial charge in [-0.25, -0.2) is 0 Å². The minimum absolute atomic E-state index is 0.106. The smallest absolute Gasteiger partial charge is 0.231 e. The molecule has 6 heteroatoms. The highest BCUT2D eigenvalue weighted by Crippen LogP contribution is 2.37. The molecular weight excluding hydrogens is 344 g/mol. The fraction of sp³-hybridized carbons (Fsp3) is 0.333. The lowest BCUT2D eigenvalue weighted by atomic mass is 9.98. The first kappa shape index (κ1) is 17.4. The Morgan fingerprint density at radius 3 is 2.67 bits per heavy atom. The molecule has 2 aliphatic rings. The van der Waals surface area contributed by atoms with Gasteiger partial charge in [0.2, 0.25) is 18.6 Å². The zero-order valence-corrected chi connectivity index (χ0v) is 15.2. The van der Waals surface area contributed by atoms with Gasteiger partial charge in [-0.1, -0.05) is 18.2 Å². The van der Waals surface area contributed by atoms with Crippen LogP contribution >= 0.6 is 0 Å². The number of carbonyl (C=O) groups excluding carboxylic acids is 2. The summed E-state index contributed by atoms with van der Waals surface area (Å²) in [4.78, 5) is 25.7. The molecule has 2 aromatic rings. The number of likely N-dealkylation sites (tertiary alicyclic amines) is 1. The normalized spacial score (nSPS) is 17.8. The van der Waals surface area contributed by atoms with Crippen LogP contribution in [0.2, 0.25) is 0 Å². The molecule has 1 atom stereocenters. The highest BCUT2D eigenvalue weighted by Gasteiger charge is 2.28. The number of nitrogens with one attached hydrogen (secondary N) is 1. The quantitative estimate of drug-likeness (QED) is 0.903. The Kier molecular flexibility index (Phi) is 4.71. The molecule has 140 valence electrons. The van der Waals surface area contributed by atoms with Crippen molar-refractivity contribution >= 4 is 17.5 Å². The van der Waals surface area contributed by atoms with E-state index in [-0.39, 0.29) is 18.6 Å². The van der Waals surface area contributed by atoms with Crippen molar-refractivity contribution in [3.05, 3.63) is 53.6 Å². The van der Waals surface area contributed by atoms with Crippen LogP contribution in [0.4, 0.5) is 5.69 Å². The molecule has 0 radical (unpaired) electrons. The molecule has 0 unspecified atom stereocenters. The van der Waals surface area contributed by atoms with Crippen molar-refractivity contribution in [2.75, 3.05) is 25.2 Å². The molecule has 2 aliphatic heterocycles. The van der Waals surface area contributed by atoms with Crippen LogP contribution in [0, 0.1) is 0 Å². The van der Waals surface area contributed by atoms with Gasteiger partial charge in [0, 0.05) is 31.6 Å². The standard InChI is InChI=1S/C21H22N2O4/c1-14(24)22-18-5-2-15(3-6-18)10-21(25)23-9-8-17(12-23)16-4-7-19-20(11-16)27-13-26-19/h2-7,11,17H,8-10,12-13H2,1H3,(H,22,24)/t17-/m0/s1. The van der Waals surface area contributed by atoms with E-state index in [1.807, 2.05) is 41.3 Å². The molecule has 4 rings (SSSR count). The van der Waals surface area contributed by atoms with Crippen molar-refractivity contribution in [3.8, 4) is 11.5 Å². The molecule has 1 fully saturated rings. The number of carbonyl (C=O) groups is 2. The van der Waals surface area contributed by atoms with Gasteiger partial charge in [-0.2, -0.15) is 0 Å². The SMILES string of the molecule is CC(=O)Nc1ccc(CC(=O)N2CC[C@H](c3ccc4c(c3)OCO4)C2)cc1. The fourth-order valence-corrected chi connectivity index (χ4v) is 3.62. The summed E-state index contributed by atoms with van der Waals surface area (Å²) in [6.07, 6.45) is 1.32. The summed E-state index contributed by atoms with van der Waals surface area (Å²) in [6.45, 7) is 3.24. The molecule has 1 saturated heterocycles. The van der Waals surface area contributed by atoms with Crippen molar-refractivity contribution in [2.45, 2.75) is 25.7 Å². The lowest BCUT2D eigenvalue weighted by Crippen LogP contribution is -2.29. The van der Waals surface area contributed by atoms with E-state index in [0.717, 1.165) is 42.3 Å². The van der Waals surface area contributed by atoms with Crippen LogP contribution in [-0.2, 0) is 16.0 Å². The molecule has 0 saturated carbocycles. The lowest BCUT2D eigenvalue weighted by molar-refractivity contribution is -0.129. The summed E-state index contributed by atoms with van der Waals surface area (Å²) < 4.78 is 10.8. The maximum atomic E-state index is 12.7. The van der Waals surface area contributed by atoms with E-state index in [4.69, 9.17) is 9.47 Å². The third-order valence-electron chi connectivity index (χ3n) is 5.04. The van der Waals surface area contributed by atoms with Crippen molar-refractivity contribution < 1.29 is 19.1 Å². The Morgan fingerprint density at radius 2 is 1.89 bits per heavy atom. The fourth-order valence-electron chi connectivity index (χ4n) is 3.62. The van der Waals surface area contributed by atoms with E-state index in [0.29, 0.717) is 12.3 Å². The minimum atomic E-state index is -0.106. The molecule has 2 aromatic carbocycles. The van der Waals surface area contributed by atoms with Crippen LogP contribution in [0.25, 0.3) is 0 Å². The Labute approximate surface area is 158 Å². The van der Waals surface area contributed by atoms with E-state index < -0.39 is 0 Å². The molecule has 2 heterocycles. The van der Waals surface area contributed by atoms with Gasteiger partial charge in [-0.15, -0.1) is 0 Å². The van der Waals surface area contributed by atoms with Crippen molar-refractivity contribution in [1.29, 1.82) is 0 Å². The minimum Gasteiger partial charge on any atom is -0.454 e. The van der Waals surface area contributed by atoms with E-state index in [1.54, 1.807) is 0 Å². The van der Waals surface area contributed by atoms with Gasteiger partial charge < -0.3 is 19.7 Å². The summed E-state index contributed by atoms with van der Waals surface area (Å²) in [5.41, 5.74) is 2.87. The summed E-state index contributed by atoms with van der Waals surface area (Å²) in [7, 11) is 0. The van der Waals surface area contributed by atoms with Crippen LogP contribution in [0.1, 0.15) is 30.4 Å². The summed E-state index contributed by atoms with van der Waals surface area (Å²) in [5.74, 6) is 1.92. The van der Waals surface area contributed by atoms with Gasteiger partial charge in [0.1, 0.15) is 0 Å². The van der Waals surface area contributed by atoms with Gasteiger partial charge in [0.15, 0.2) is 11.5 Å². The number of fused-ring (bicyclic) bond motifs is 1. The summed E-state index contributed by atoms with van der Waals surface area (Å²) >= 11 is 0. The summed E-state index contributed by atoms with van der Waals surface area (Å²) in [5, 5.41) is 2.73. The largest absolute Gasteiger partial charge is 0.454 e. The highest BCUT2D eigenvalue weighted by molar-refractivity contribution is 5.88. The van der Waals surface area contributed by atoms with Crippen molar-refractivity contribution in [3.63, 3.8) is 0 Å². The number of nitrogens with zero attached hydrogens (tertiary/aromatic N) is 1. The first-order valence-electron chi connectivity index (χ1n) is 9.12. The van der Waals surface area contributed by atoms with Gasteiger partial charge >= 0.3 is 0 Å². The Balaban J connectivity index is 1.35. The second kappa shape index (κ2) is 7.31. The average molecular weight is 366 g/mol. The van der Waals surface area contributed by atoms with Crippen LogP contribution in [0.15, 0.2) is 42.5 Å². The zero-order chi connectivity index (χ0) is 18.8. The molecule has 1 N–H and O–H groups in total. The van der Waals surface area contributed by atoms with Crippen LogP contribution in [0.5, 0.6) is 11.5 Å². The number of rotatable bonds is 4. The predicted octanol–water partition coefficient (Wildman–Crippen LogP) is 2.93. The first-order valence-corrected chi connectivity index (χ1v) is 9.12. The monoisotopic (exact) mass is 366 g/mol. The number of hydrogen-bond acceptors (Lipinski definition) is 4. The molecule has 2 amide bonds. The van der Waals surface area contributed by atoms with Crippen LogP contribution in [0.3, 0.4) is 0 Å². The van der Waals surface area contributed by atoms with Gasteiger partial charge in [-0.05, 0) is 41.8 Å².